The van der Waals surface area contributed by atoms with Crippen molar-refractivity contribution in [2.75, 3.05) is 13.2 Å². The minimum absolute atomic E-state index is 0.428. The molecule has 2 unspecified atom stereocenters. The summed E-state index contributed by atoms with van der Waals surface area (Å²) in [6.45, 7) is 9.20. The number of hydrogen-bond acceptors (Lipinski definition) is 3. The lowest BCUT2D eigenvalue weighted by Crippen LogP contribution is -2.27. The molecule has 1 aromatic rings. The van der Waals surface area contributed by atoms with Crippen LogP contribution in [0.5, 0.6) is 0 Å². The zero-order valence-corrected chi connectivity index (χ0v) is 12.2. The highest BCUT2D eigenvalue weighted by atomic mass is 35.5. The van der Waals surface area contributed by atoms with Crippen LogP contribution in [0.25, 0.3) is 0 Å². The third-order valence-electron chi connectivity index (χ3n) is 3.50. The fourth-order valence-corrected chi connectivity index (χ4v) is 2.75. The number of rotatable bonds is 4. The molecular weight excluding hydrogens is 250 g/mol. The van der Waals surface area contributed by atoms with Crippen LogP contribution in [0.1, 0.15) is 44.8 Å². The van der Waals surface area contributed by atoms with Gasteiger partial charge in [0.1, 0.15) is 11.6 Å². The first-order chi connectivity index (χ1) is 8.63. The van der Waals surface area contributed by atoms with E-state index in [9.17, 15) is 0 Å². The van der Waals surface area contributed by atoms with Crippen molar-refractivity contribution in [1.82, 2.24) is 14.8 Å². The van der Waals surface area contributed by atoms with Crippen molar-refractivity contribution >= 4 is 11.6 Å². The molecule has 1 aliphatic rings. The number of hydrogen-bond donors (Lipinski definition) is 0. The van der Waals surface area contributed by atoms with Gasteiger partial charge >= 0.3 is 0 Å². The molecule has 0 spiro atoms. The Morgan fingerprint density at radius 1 is 1.44 bits per heavy atom. The van der Waals surface area contributed by atoms with E-state index in [0.29, 0.717) is 23.6 Å². The number of alkyl halides is 1. The minimum Gasteiger partial charge on any atom is -0.381 e. The third kappa shape index (κ3) is 2.86. The van der Waals surface area contributed by atoms with Crippen LogP contribution in [0.4, 0.5) is 0 Å². The van der Waals surface area contributed by atoms with Gasteiger partial charge in [-0.15, -0.1) is 21.8 Å². The van der Waals surface area contributed by atoms with E-state index >= 15 is 0 Å². The summed E-state index contributed by atoms with van der Waals surface area (Å²) in [6.07, 6.45) is 1.03. The molecule has 4 nitrogen and oxygen atoms in total. The quantitative estimate of drug-likeness (QED) is 0.791. The Bertz CT molecular complexity index is 392. The summed E-state index contributed by atoms with van der Waals surface area (Å²) in [7, 11) is 0. The Labute approximate surface area is 114 Å². The van der Waals surface area contributed by atoms with Crippen molar-refractivity contribution in [3.63, 3.8) is 0 Å². The molecule has 2 rings (SSSR count). The van der Waals surface area contributed by atoms with Gasteiger partial charge < -0.3 is 9.30 Å². The van der Waals surface area contributed by atoms with Gasteiger partial charge in [0.2, 0.25) is 0 Å². The first kappa shape index (κ1) is 13.8. The fourth-order valence-electron chi connectivity index (χ4n) is 2.55. The van der Waals surface area contributed by atoms with E-state index in [-0.39, 0.29) is 0 Å². The molecule has 1 aromatic heterocycles. The number of aromatic nitrogens is 3. The molecule has 0 N–H and O–H groups in total. The molecule has 2 atom stereocenters. The van der Waals surface area contributed by atoms with E-state index in [0.717, 1.165) is 37.8 Å². The van der Waals surface area contributed by atoms with Gasteiger partial charge in [0.05, 0.1) is 5.88 Å². The second kappa shape index (κ2) is 6.02. The van der Waals surface area contributed by atoms with Crippen molar-refractivity contribution < 1.29 is 4.74 Å². The van der Waals surface area contributed by atoms with Crippen LogP contribution >= 0.6 is 11.6 Å². The van der Waals surface area contributed by atoms with Crippen molar-refractivity contribution in [3.05, 3.63) is 11.6 Å². The molecule has 0 amide bonds. The second-order valence-corrected chi connectivity index (χ2v) is 5.83. The summed E-state index contributed by atoms with van der Waals surface area (Å²) in [4.78, 5) is 0. The molecule has 1 aliphatic heterocycles. The van der Waals surface area contributed by atoms with Crippen LogP contribution in [0.3, 0.4) is 0 Å². The predicted octanol–water partition coefficient (Wildman–Crippen LogP) is 2.81. The summed E-state index contributed by atoms with van der Waals surface area (Å²) < 4.78 is 7.72. The Morgan fingerprint density at radius 2 is 2.22 bits per heavy atom. The van der Waals surface area contributed by atoms with Crippen LogP contribution in [0, 0.1) is 11.8 Å². The Kier molecular flexibility index (Phi) is 4.62. The fraction of sp³-hybridized carbons (Fsp3) is 0.846. The smallest absolute Gasteiger partial charge is 0.147 e. The maximum atomic E-state index is 5.96. The van der Waals surface area contributed by atoms with Crippen molar-refractivity contribution in [2.24, 2.45) is 11.8 Å². The molecule has 102 valence electrons. The summed E-state index contributed by atoms with van der Waals surface area (Å²) in [5.41, 5.74) is 0. The lowest BCUT2D eigenvalue weighted by atomic mass is 9.89. The van der Waals surface area contributed by atoms with Gasteiger partial charge in [-0.25, -0.2) is 0 Å². The molecule has 0 aliphatic carbocycles. The number of nitrogens with zero attached hydrogens (tertiary/aromatic N) is 3. The Morgan fingerprint density at radius 3 is 2.83 bits per heavy atom. The summed E-state index contributed by atoms with van der Waals surface area (Å²) in [5.74, 6) is 3.92. The largest absolute Gasteiger partial charge is 0.381 e. The number of halogens is 1. The van der Waals surface area contributed by atoms with Crippen LogP contribution in [0.2, 0.25) is 0 Å². The van der Waals surface area contributed by atoms with Gasteiger partial charge in [0, 0.05) is 25.7 Å². The maximum absolute atomic E-state index is 5.96. The average molecular weight is 272 g/mol. The molecule has 2 heterocycles. The van der Waals surface area contributed by atoms with Crippen molar-refractivity contribution in [3.8, 4) is 0 Å². The first-order valence-electron chi connectivity index (χ1n) is 6.69. The van der Waals surface area contributed by atoms with Gasteiger partial charge in [-0.1, -0.05) is 20.8 Å². The van der Waals surface area contributed by atoms with Crippen molar-refractivity contribution in [2.45, 2.75) is 45.5 Å². The van der Waals surface area contributed by atoms with Gasteiger partial charge in [-0.3, -0.25) is 0 Å². The van der Waals surface area contributed by atoms with Crippen molar-refractivity contribution in [1.29, 1.82) is 0 Å². The standard InChI is InChI=1S/C13H22ClN3O/c1-9(2)7-17-12(6-14)15-16-13(17)11-4-5-18-8-10(11)3/h9-11H,4-8H2,1-3H3. The van der Waals surface area contributed by atoms with E-state index in [1.807, 2.05) is 0 Å². The summed E-state index contributed by atoms with van der Waals surface area (Å²) in [5, 5.41) is 8.62. The molecule has 5 heteroatoms. The predicted molar refractivity (Wildman–Crippen MR) is 71.8 cm³/mol. The SMILES string of the molecule is CC(C)Cn1c(CCl)nnc1C1CCOCC1C. The maximum Gasteiger partial charge on any atom is 0.147 e. The number of ether oxygens (including phenoxy) is 1. The highest BCUT2D eigenvalue weighted by molar-refractivity contribution is 6.16. The molecular formula is C13H22ClN3O. The van der Waals surface area contributed by atoms with Gasteiger partial charge in [0.15, 0.2) is 0 Å². The highest BCUT2D eigenvalue weighted by Crippen LogP contribution is 2.31. The van der Waals surface area contributed by atoms with E-state index in [4.69, 9.17) is 16.3 Å². The summed E-state index contributed by atoms with van der Waals surface area (Å²) >= 11 is 5.96. The Hall–Kier alpha value is -0.610. The monoisotopic (exact) mass is 271 g/mol. The van der Waals surface area contributed by atoms with Gasteiger partial charge in [-0.05, 0) is 18.3 Å². The van der Waals surface area contributed by atoms with E-state index in [2.05, 4.69) is 35.5 Å². The zero-order valence-electron chi connectivity index (χ0n) is 11.4. The molecule has 0 bridgehead atoms. The molecule has 0 saturated carbocycles. The first-order valence-corrected chi connectivity index (χ1v) is 7.22. The lowest BCUT2D eigenvalue weighted by molar-refractivity contribution is 0.0441. The van der Waals surface area contributed by atoms with E-state index in [1.54, 1.807) is 0 Å². The van der Waals surface area contributed by atoms with Gasteiger partial charge in [0.25, 0.3) is 0 Å². The zero-order chi connectivity index (χ0) is 13.1. The van der Waals surface area contributed by atoms with Crippen LogP contribution in [0.15, 0.2) is 0 Å². The van der Waals surface area contributed by atoms with Crippen LogP contribution < -0.4 is 0 Å². The lowest BCUT2D eigenvalue weighted by Gasteiger charge is -2.28. The Balaban J connectivity index is 2.28. The average Bonchev–Trinajstić information content (AvgIpc) is 2.72. The molecule has 0 radical (unpaired) electrons. The third-order valence-corrected chi connectivity index (χ3v) is 3.73. The normalized spacial score (nSPS) is 24.7. The minimum atomic E-state index is 0.428. The second-order valence-electron chi connectivity index (χ2n) is 5.56. The summed E-state index contributed by atoms with van der Waals surface area (Å²) in [6, 6.07) is 0. The molecule has 1 fully saturated rings. The van der Waals surface area contributed by atoms with Crippen LogP contribution in [-0.4, -0.2) is 28.0 Å². The molecule has 0 aromatic carbocycles. The van der Waals surface area contributed by atoms with Gasteiger partial charge in [-0.2, -0.15) is 0 Å². The molecule has 18 heavy (non-hydrogen) atoms. The van der Waals surface area contributed by atoms with E-state index < -0.39 is 0 Å². The highest BCUT2D eigenvalue weighted by Gasteiger charge is 2.29. The topological polar surface area (TPSA) is 39.9 Å². The van der Waals surface area contributed by atoms with Crippen LogP contribution in [-0.2, 0) is 17.2 Å². The molecule has 1 saturated heterocycles. The van der Waals surface area contributed by atoms with E-state index in [1.165, 1.54) is 0 Å².